The lowest BCUT2D eigenvalue weighted by molar-refractivity contribution is 0.632. The van der Waals surface area contributed by atoms with E-state index in [9.17, 15) is 0 Å². The van der Waals surface area contributed by atoms with Crippen LogP contribution in [0.2, 0.25) is 0 Å². The summed E-state index contributed by atoms with van der Waals surface area (Å²) in [5.74, 6) is 1.54. The Hall–Kier alpha value is -6.31. The molecule has 0 radical (unpaired) electrons. The van der Waals surface area contributed by atoms with E-state index in [1.807, 2.05) is 42.6 Å². The number of aromatic amines is 2. The Morgan fingerprint density at radius 1 is 0.604 bits per heavy atom. The number of thiophene rings is 1. The van der Waals surface area contributed by atoms with Crippen LogP contribution in [-0.2, 0) is 0 Å². The first-order valence-corrected chi connectivity index (χ1v) is 16.6. The molecule has 0 aliphatic rings. The third kappa shape index (κ3) is 4.29. The first-order valence-electron chi connectivity index (χ1n) is 15.8. The van der Waals surface area contributed by atoms with Crippen molar-refractivity contribution in [1.29, 1.82) is 0 Å². The number of aromatic nitrogens is 5. The highest BCUT2D eigenvalue weighted by Gasteiger charge is 2.29. The summed E-state index contributed by atoms with van der Waals surface area (Å²) in [6, 6.07) is 42.1. The van der Waals surface area contributed by atoms with Gasteiger partial charge in [-0.2, -0.15) is 0 Å². The number of nitrogens with zero attached hydrogens (tertiary/aromatic N) is 3. The molecule has 0 bridgehead atoms. The average Bonchev–Trinajstić information content (AvgIpc) is 3.94. The lowest BCUT2D eigenvalue weighted by Gasteiger charge is -2.20. The molecule has 6 nitrogen and oxygen atoms in total. The van der Waals surface area contributed by atoms with Crippen LogP contribution < -0.4 is 0 Å². The Morgan fingerprint density at radius 3 is 2.21 bits per heavy atom. The number of nitrogens with one attached hydrogen (secondary N) is 2. The fourth-order valence-corrected chi connectivity index (χ4v) is 7.92. The first kappa shape index (κ1) is 26.9. The molecule has 0 saturated heterocycles. The summed E-state index contributed by atoms with van der Waals surface area (Å²) in [7, 11) is 0. The van der Waals surface area contributed by atoms with Gasteiger partial charge >= 0.3 is 0 Å². The number of imidazole rings is 1. The van der Waals surface area contributed by atoms with Gasteiger partial charge in [0.25, 0.3) is 0 Å². The number of fused-ring (bicyclic) bond motifs is 4. The third-order valence-electron chi connectivity index (χ3n) is 8.95. The zero-order valence-corrected chi connectivity index (χ0v) is 26.3. The molecule has 2 N–H and O–H groups in total. The van der Waals surface area contributed by atoms with Gasteiger partial charge in [-0.1, -0.05) is 66.7 Å². The molecule has 0 amide bonds. The van der Waals surface area contributed by atoms with Gasteiger partial charge in [0.15, 0.2) is 0 Å². The molecule has 48 heavy (non-hydrogen) atoms. The van der Waals surface area contributed by atoms with Crippen LogP contribution >= 0.6 is 11.3 Å². The van der Waals surface area contributed by atoms with Crippen molar-refractivity contribution in [3.63, 3.8) is 0 Å². The number of H-pyrrole nitrogens is 2. The number of rotatable bonds is 5. The molecule has 10 rings (SSSR count). The highest BCUT2D eigenvalue weighted by molar-refractivity contribution is 7.22. The molecule has 0 saturated carbocycles. The number of benzene rings is 5. The van der Waals surface area contributed by atoms with Gasteiger partial charge < -0.3 is 14.4 Å². The minimum atomic E-state index is 0.753. The van der Waals surface area contributed by atoms with E-state index in [1.165, 1.54) is 10.1 Å². The number of hydrogen-bond acceptors (Lipinski definition) is 5. The van der Waals surface area contributed by atoms with Crippen molar-refractivity contribution in [3.8, 4) is 55.7 Å². The highest BCUT2D eigenvalue weighted by Crippen LogP contribution is 2.52. The standard InChI is InChI=1S/C41H25N5OS/c1-4-12-29-24(9-1)19-32(44-29)38-27(33-23-42-17-18-43-33)22-28(41-45-30-13-5-6-14-31(30)46-41)39(37-21-26-11-3-8-16-36(26)48-37)40(38)35-20-25-10-2-7-15-34(25)47-35/h1-23,44H,(H,45,46). The minimum Gasteiger partial charge on any atom is -0.456 e. The van der Waals surface area contributed by atoms with Gasteiger partial charge in [0.05, 0.1) is 22.9 Å². The van der Waals surface area contributed by atoms with E-state index in [4.69, 9.17) is 14.4 Å². The highest BCUT2D eigenvalue weighted by atomic mass is 32.1. The van der Waals surface area contributed by atoms with E-state index in [0.29, 0.717) is 0 Å². The van der Waals surface area contributed by atoms with Gasteiger partial charge in [-0.05, 0) is 60.0 Å². The van der Waals surface area contributed by atoms with Crippen LogP contribution in [0.1, 0.15) is 0 Å². The average molecular weight is 636 g/mol. The zero-order valence-electron chi connectivity index (χ0n) is 25.4. The summed E-state index contributed by atoms with van der Waals surface area (Å²) in [5, 5.41) is 3.35. The summed E-state index contributed by atoms with van der Waals surface area (Å²) < 4.78 is 8.00. The molecule has 226 valence electrons. The first-order chi connectivity index (χ1) is 23.8. The van der Waals surface area contributed by atoms with Gasteiger partial charge in [-0.3, -0.25) is 9.97 Å². The van der Waals surface area contributed by atoms with E-state index in [0.717, 1.165) is 88.6 Å². The molecule has 0 unspecified atom stereocenters. The van der Waals surface area contributed by atoms with Gasteiger partial charge in [0.2, 0.25) is 0 Å². The Balaban J connectivity index is 1.42. The monoisotopic (exact) mass is 635 g/mol. The predicted octanol–water partition coefficient (Wildman–Crippen LogP) is 11.1. The SMILES string of the molecule is c1ccc2[nH]c(-c3c(-c4cnccn4)cc(-c4nc5ccccc5[nH]4)c(-c4cc5ccccc5s4)c3-c3cc4ccccc4o3)cc2c1. The topological polar surface area (TPSA) is 83.4 Å². The summed E-state index contributed by atoms with van der Waals surface area (Å²) >= 11 is 1.77. The van der Waals surface area contributed by atoms with Crippen LogP contribution in [0.3, 0.4) is 0 Å². The molecular formula is C41H25N5OS. The fourth-order valence-electron chi connectivity index (χ4n) is 6.79. The maximum Gasteiger partial charge on any atom is 0.139 e. The van der Waals surface area contributed by atoms with E-state index < -0.39 is 0 Å². The molecule has 5 heterocycles. The second-order valence-electron chi connectivity index (χ2n) is 11.9. The quantitative estimate of drug-likeness (QED) is 0.197. The van der Waals surface area contributed by atoms with Crippen molar-refractivity contribution >= 4 is 54.3 Å². The van der Waals surface area contributed by atoms with Crippen molar-refractivity contribution in [3.05, 3.63) is 140 Å². The smallest absolute Gasteiger partial charge is 0.139 e. The van der Waals surface area contributed by atoms with Gasteiger partial charge in [0, 0.05) is 71.8 Å². The summed E-state index contributed by atoms with van der Waals surface area (Å²) in [4.78, 5) is 23.0. The van der Waals surface area contributed by atoms with E-state index in [2.05, 4.69) is 99.9 Å². The van der Waals surface area contributed by atoms with E-state index in [-0.39, 0.29) is 0 Å². The maximum absolute atomic E-state index is 6.79. The molecular weight excluding hydrogens is 611 g/mol. The van der Waals surface area contributed by atoms with E-state index >= 15 is 0 Å². The molecule has 0 aliphatic heterocycles. The zero-order chi connectivity index (χ0) is 31.6. The number of hydrogen-bond donors (Lipinski definition) is 2. The van der Waals surface area contributed by atoms with Crippen LogP contribution in [0.25, 0.3) is 98.7 Å². The van der Waals surface area contributed by atoms with Crippen molar-refractivity contribution < 1.29 is 4.42 Å². The van der Waals surface area contributed by atoms with Crippen LogP contribution in [0.15, 0.2) is 144 Å². The van der Waals surface area contributed by atoms with Gasteiger partial charge in [-0.15, -0.1) is 11.3 Å². The van der Waals surface area contributed by atoms with E-state index in [1.54, 1.807) is 23.7 Å². The second kappa shape index (κ2) is 10.6. The molecule has 0 atom stereocenters. The third-order valence-corrected chi connectivity index (χ3v) is 10.1. The Labute approximate surface area is 278 Å². The van der Waals surface area contributed by atoms with Crippen LogP contribution in [-0.4, -0.2) is 24.9 Å². The van der Waals surface area contributed by atoms with Crippen LogP contribution in [0, 0.1) is 0 Å². The summed E-state index contributed by atoms with van der Waals surface area (Å²) in [5.41, 5.74) is 10.3. The Kier molecular flexibility index (Phi) is 5.94. The number of para-hydroxylation sites is 4. The molecule has 10 aromatic rings. The molecule has 5 aromatic heterocycles. The molecule has 0 aliphatic carbocycles. The molecule has 5 aromatic carbocycles. The van der Waals surface area contributed by atoms with Crippen LogP contribution in [0.5, 0.6) is 0 Å². The van der Waals surface area contributed by atoms with Crippen molar-refractivity contribution in [2.75, 3.05) is 0 Å². The van der Waals surface area contributed by atoms with Crippen molar-refractivity contribution in [2.24, 2.45) is 0 Å². The van der Waals surface area contributed by atoms with Crippen molar-refractivity contribution in [1.82, 2.24) is 24.9 Å². The normalized spacial score (nSPS) is 11.8. The molecule has 7 heteroatoms. The van der Waals surface area contributed by atoms with Gasteiger partial charge in [-0.25, -0.2) is 4.98 Å². The lowest BCUT2D eigenvalue weighted by Crippen LogP contribution is -1.98. The van der Waals surface area contributed by atoms with Crippen molar-refractivity contribution in [2.45, 2.75) is 0 Å². The predicted molar refractivity (Wildman–Crippen MR) is 196 cm³/mol. The minimum absolute atomic E-state index is 0.753. The molecule has 0 fully saturated rings. The largest absolute Gasteiger partial charge is 0.456 e. The van der Waals surface area contributed by atoms with Gasteiger partial charge in [0.1, 0.15) is 17.2 Å². The Morgan fingerprint density at radius 2 is 1.40 bits per heavy atom. The maximum atomic E-state index is 6.79. The fraction of sp³-hybridized carbons (Fsp3) is 0. The molecule has 0 spiro atoms. The lowest BCUT2D eigenvalue weighted by atomic mass is 9.86. The summed E-state index contributed by atoms with van der Waals surface area (Å²) in [6.45, 7) is 0. The summed E-state index contributed by atoms with van der Waals surface area (Å²) in [6.07, 6.45) is 5.27. The Bertz CT molecular complexity index is 2670. The van der Waals surface area contributed by atoms with Crippen LogP contribution in [0.4, 0.5) is 0 Å². The number of furan rings is 1. The second-order valence-corrected chi connectivity index (χ2v) is 12.9.